The number of aliphatic carboxylic acids is 1. The summed E-state index contributed by atoms with van der Waals surface area (Å²) in [4.78, 5) is 9.81. The summed E-state index contributed by atoms with van der Waals surface area (Å²) in [6.45, 7) is 0. The lowest BCUT2D eigenvalue weighted by Crippen LogP contribution is -2.31. The molecule has 0 aromatic carbocycles. The van der Waals surface area contributed by atoms with Crippen molar-refractivity contribution >= 4 is 21.6 Å². The van der Waals surface area contributed by atoms with E-state index < -0.39 is 22.3 Å². The van der Waals surface area contributed by atoms with E-state index in [0.29, 0.717) is 5.37 Å². The number of carboxylic acids is 1. The normalized spacial score (nSPS) is 12.1. The Morgan fingerprint density at radius 2 is 2.11 bits per heavy atom. The highest BCUT2D eigenvalue weighted by Crippen LogP contribution is 1.68. The highest BCUT2D eigenvalue weighted by atomic mass is 32.2. The summed E-state index contributed by atoms with van der Waals surface area (Å²) in [5, 5.41) is 8.50. The molecule has 0 aliphatic carbocycles. The second kappa shape index (κ2) is 3.21. The van der Waals surface area contributed by atoms with Gasteiger partial charge >= 0.3 is 5.97 Å². The summed E-state index contributed by atoms with van der Waals surface area (Å²) in [7, 11) is -2.50. The monoisotopic (exact) mass is 151 g/mol. The first-order valence-corrected chi connectivity index (χ1v) is 3.09. The summed E-state index contributed by atoms with van der Waals surface area (Å²) in [5.74, 6) is -1.36. The van der Waals surface area contributed by atoms with Gasteiger partial charge in [-0.3, -0.25) is 4.79 Å². The number of rotatable bonds is 2. The summed E-state index contributed by atoms with van der Waals surface area (Å²) >= 11 is 0. The van der Waals surface area contributed by atoms with Crippen LogP contribution >= 0.6 is 0 Å². The third kappa shape index (κ3) is 3.68. The van der Waals surface area contributed by atoms with Crippen LogP contribution in [-0.4, -0.2) is 30.9 Å². The second-order valence-corrected chi connectivity index (χ2v) is 2.05. The molecule has 0 aliphatic rings. The Hall–Kier alpha value is -0.880. The number of carboxylic acid groups (broad SMARTS) is 1. The van der Waals surface area contributed by atoms with Crippen molar-refractivity contribution in [2.24, 2.45) is 5.73 Å². The van der Waals surface area contributed by atoms with Crippen molar-refractivity contribution in [3.05, 3.63) is 0 Å². The maximum absolute atomic E-state index is 9.81. The van der Waals surface area contributed by atoms with E-state index in [2.05, 4.69) is 0 Å². The number of nitrogens with two attached hydrogens (primary N) is 1. The number of carbonyl (C=O) groups is 1. The van der Waals surface area contributed by atoms with E-state index in [1.807, 2.05) is 0 Å². The lowest BCUT2D eigenvalue weighted by Gasteiger charge is -1.91. The summed E-state index contributed by atoms with van der Waals surface area (Å²) in [6.07, 6.45) is 0. The van der Waals surface area contributed by atoms with Gasteiger partial charge in [-0.2, -0.15) is 8.42 Å². The predicted octanol–water partition coefficient (Wildman–Crippen LogP) is -1.92. The third-order valence-electron chi connectivity index (χ3n) is 0.543. The van der Waals surface area contributed by atoms with Crippen LogP contribution in [0.25, 0.3) is 0 Å². The van der Waals surface area contributed by atoms with Gasteiger partial charge in [0.1, 0.15) is 6.04 Å². The van der Waals surface area contributed by atoms with Crippen LogP contribution in [0.3, 0.4) is 0 Å². The third-order valence-corrected chi connectivity index (χ3v) is 1.06. The van der Waals surface area contributed by atoms with Crippen LogP contribution in [0.4, 0.5) is 0 Å². The largest absolute Gasteiger partial charge is 0.480 e. The van der Waals surface area contributed by atoms with E-state index in [4.69, 9.17) is 10.8 Å². The molecule has 9 heavy (non-hydrogen) atoms. The Morgan fingerprint density at radius 3 is 2.22 bits per heavy atom. The lowest BCUT2D eigenvalue weighted by molar-refractivity contribution is -0.136. The van der Waals surface area contributed by atoms with Crippen LogP contribution in [0.1, 0.15) is 0 Å². The maximum atomic E-state index is 9.81. The lowest BCUT2D eigenvalue weighted by atomic mass is 10.4. The summed E-state index contributed by atoms with van der Waals surface area (Å²) in [5.41, 5.74) is 4.77. The van der Waals surface area contributed by atoms with Crippen LogP contribution in [0.5, 0.6) is 0 Å². The molecule has 52 valence electrons. The van der Waals surface area contributed by atoms with Gasteiger partial charge in [0.05, 0.1) is 5.37 Å². The Kier molecular flexibility index (Phi) is 2.89. The van der Waals surface area contributed by atoms with Crippen molar-refractivity contribution in [2.75, 3.05) is 0 Å². The first-order chi connectivity index (χ1) is 4.04. The quantitative estimate of drug-likeness (QED) is 0.448. The van der Waals surface area contributed by atoms with Crippen molar-refractivity contribution in [2.45, 2.75) is 6.04 Å². The van der Waals surface area contributed by atoms with Gasteiger partial charge < -0.3 is 10.8 Å². The van der Waals surface area contributed by atoms with Crippen LogP contribution in [0.2, 0.25) is 0 Å². The molecule has 0 unspecified atom stereocenters. The topological polar surface area (TPSA) is 97.5 Å². The minimum atomic E-state index is -2.50. The highest BCUT2D eigenvalue weighted by molar-refractivity contribution is 7.71. The van der Waals surface area contributed by atoms with Crippen molar-refractivity contribution in [3.8, 4) is 0 Å². The van der Waals surface area contributed by atoms with Gasteiger partial charge in [0, 0.05) is 0 Å². The Bertz CT molecular complexity index is 220. The smallest absolute Gasteiger partial charge is 0.325 e. The fraction of sp³-hybridized carbons (Fsp3) is 0.333. The van der Waals surface area contributed by atoms with Gasteiger partial charge in [-0.1, -0.05) is 0 Å². The van der Waals surface area contributed by atoms with Crippen LogP contribution in [0, 0.1) is 0 Å². The van der Waals surface area contributed by atoms with Crippen molar-refractivity contribution in [1.82, 2.24) is 0 Å². The van der Waals surface area contributed by atoms with Gasteiger partial charge in [-0.05, 0) is 0 Å². The molecule has 0 aliphatic heterocycles. The van der Waals surface area contributed by atoms with Gasteiger partial charge in [0.2, 0.25) is 10.3 Å². The molecule has 0 heterocycles. The fourth-order valence-corrected chi connectivity index (χ4v) is 0.534. The van der Waals surface area contributed by atoms with Crippen molar-refractivity contribution < 1.29 is 18.3 Å². The molecule has 0 fully saturated rings. The van der Waals surface area contributed by atoms with Crippen LogP contribution < -0.4 is 5.73 Å². The van der Waals surface area contributed by atoms with Gasteiger partial charge in [-0.15, -0.1) is 0 Å². The standard InChI is InChI=1S/C3H5NO4S/c4-2(3(5)6)1-9(7)8/h1-2H,4H2,(H,5,6)/t2-/m0/s1. The zero-order valence-electron chi connectivity index (χ0n) is 4.31. The molecular weight excluding hydrogens is 146 g/mol. The van der Waals surface area contributed by atoms with Crippen LogP contribution in [0.15, 0.2) is 0 Å². The van der Waals surface area contributed by atoms with Gasteiger partial charge in [0.15, 0.2) is 0 Å². The zero-order chi connectivity index (χ0) is 7.44. The molecule has 0 saturated carbocycles. The summed E-state index contributed by atoms with van der Waals surface area (Å²) < 4.78 is 19.4. The molecular formula is C3H5NO4S. The van der Waals surface area contributed by atoms with Crippen LogP contribution in [-0.2, 0) is 15.1 Å². The Morgan fingerprint density at radius 1 is 1.67 bits per heavy atom. The minimum Gasteiger partial charge on any atom is -0.480 e. The molecule has 0 amide bonds. The fourth-order valence-electron chi connectivity index (χ4n) is 0.178. The first kappa shape index (κ1) is 8.12. The highest BCUT2D eigenvalue weighted by Gasteiger charge is 2.06. The number of hydrogen-bond donors (Lipinski definition) is 2. The predicted molar refractivity (Wildman–Crippen MR) is 30.6 cm³/mol. The first-order valence-electron chi connectivity index (χ1n) is 1.95. The molecule has 0 spiro atoms. The Balaban J connectivity index is 4.26. The summed E-state index contributed by atoms with van der Waals surface area (Å²) in [6, 6.07) is -1.43. The van der Waals surface area contributed by atoms with Crippen molar-refractivity contribution in [1.29, 1.82) is 0 Å². The molecule has 0 aromatic heterocycles. The minimum absolute atomic E-state index is 0.502. The van der Waals surface area contributed by atoms with Gasteiger partial charge in [-0.25, -0.2) is 0 Å². The molecule has 0 saturated heterocycles. The molecule has 0 rings (SSSR count). The molecule has 5 nitrogen and oxygen atoms in total. The van der Waals surface area contributed by atoms with Crippen molar-refractivity contribution in [3.63, 3.8) is 0 Å². The van der Waals surface area contributed by atoms with E-state index >= 15 is 0 Å². The van der Waals surface area contributed by atoms with E-state index in [-0.39, 0.29) is 0 Å². The van der Waals surface area contributed by atoms with E-state index in [9.17, 15) is 13.2 Å². The SMILES string of the molecule is N[C@@H](C=S(=O)=O)C(=O)O. The maximum Gasteiger partial charge on any atom is 0.325 e. The molecule has 0 aromatic rings. The average Bonchev–Trinajstić information content (AvgIpc) is 1.63. The Labute approximate surface area is 52.6 Å². The molecule has 0 bridgehead atoms. The van der Waals surface area contributed by atoms with Gasteiger partial charge in [0.25, 0.3) is 0 Å². The zero-order valence-corrected chi connectivity index (χ0v) is 5.13. The molecule has 3 N–H and O–H groups in total. The average molecular weight is 151 g/mol. The second-order valence-electron chi connectivity index (χ2n) is 1.26. The molecule has 1 atom stereocenters. The number of hydrogen-bond acceptors (Lipinski definition) is 4. The molecule has 0 radical (unpaired) electrons. The van der Waals surface area contributed by atoms with E-state index in [1.54, 1.807) is 0 Å². The molecule has 6 heteroatoms. The van der Waals surface area contributed by atoms with E-state index in [0.717, 1.165) is 0 Å². The van der Waals surface area contributed by atoms with E-state index in [1.165, 1.54) is 0 Å².